The van der Waals surface area contributed by atoms with Crippen LogP contribution in [0.15, 0.2) is 26.8 Å². The lowest BCUT2D eigenvalue weighted by molar-refractivity contribution is 0.881. The Kier molecular flexibility index (Phi) is 3.40. The molecular weight excluding hydrogens is 242 g/mol. The van der Waals surface area contributed by atoms with Crippen LogP contribution in [0.2, 0.25) is 0 Å². The summed E-state index contributed by atoms with van der Waals surface area (Å²) < 4.78 is 0.983. The summed E-state index contributed by atoms with van der Waals surface area (Å²) in [5, 5.41) is 2.03. The summed E-state index contributed by atoms with van der Waals surface area (Å²) in [5.74, 6) is 0.699. The number of nitrogens with zero attached hydrogens (tertiary/aromatic N) is 2. The van der Waals surface area contributed by atoms with Crippen LogP contribution in [0.25, 0.3) is 0 Å². The molecule has 0 aliphatic rings. The summed E-state index contributed by atoms with van der Waals surface area (Å²) in [7, 11) is 0. The van der Waals surface area contributed by atoms with Crippen molar-refractivity contribution in [1.82, 2.24) is 15.0 Å². The van der Waals surface area contributed by atoms with Gasteiger partial charge < -0.3 is 4.98 Å². The number of aromatic nitrogens is 3. The predicted octanol–water partition coefficient (Wildman–Crippen LogP) is 2.39. The molecular formula is C10H11N3OS2. The molecule has 1 unspecified atom stereocenters. The SMILES string of the molecule is Cc1cc(=O)[nH]c(C(C)Sc2nccs2)n1. The van der Waals surface area contributed by atoms with E-state index in [-0.39, 0.29) is 10.8 Å². The molecule has 0 saturated carbocycles. The molecule has 0 amide bonds. The highest BCUT2D eigenvalue weighted by Gasteiger charge is 2.11. The van der Waals surface area contributed by atoms with Crippen LogP contribution in [-0.2, 0) is 0 Å². The van der Waals surface area contributed by atoms with E-state index in [1.165, 1.54) is 6.07 Å². The minimum Gasteiger partial charge on any atom is -0.310 e. The maximum atomic E-state index is 11.3. The Balaban J connectivity index is 2.20. The van der Waals surface area contributed by atoms with Gasteiger partial charge in [0.1, 0.15) is 10.2 Å². The Hall–Kier alpha value is -1.14. The Morgan fingerprint density at radius 1 is 1.56 bits per heavy atom. The van der Waals surface area contributed by atoms with Gasteiger partial charge in [-0.1, -0.05) is 11.8 Å². The van der Waals surface area contributed by atoms with E-state index in [1.54, 1.807) is 29.3 Å². The molecule has 2 heterocycles. The van der Waals surface area contributed by atoms with Gasteiger partial charge in [-0.15, -0.1) is 11.3 Å². The number of hydrogen-bond acceptors (Lipinski definition) is 5. The summed E-state index contributed by atoms with van der Waals surface area (Å²) in [4.78, 5) is 22.6. The largest absolute Gasteiger partial charge is 0.310 e. The lowest BCUT2D eigenvalue weighted by Crippen LogP contribution is -2.12. The van der Waals surface area contributed by atoms with Gasteiger partial charge in [-0.3, -0.25) is 4.79 Å². The molecule has 2 rings (SSSR count). The van der Waals surface area contributed by atoms with Crippen LogP contribution in [-0.4, -0.2) is 15.0 Å². The van der Waals surface area contributed by atoms with Gasteiger partial charge in [-0.25, -0.2) is 9.97 Å². The zero-order valence-corrected chi connectivity index (χ0v) is 10.6. The molecule has 0 aromatic carbocycles. The minimum atomic E-state index is -0.103. The van der Waals surface area contributed by atoms with Crippen molar-refractivity contribution < 1.29 is 0 Å². The summed E-state index contributed by atoms with van der Waals surface area (Å²) >= 11 is 3.18. The van der Waals surface area contributed by atoms with Crippen molar-refractivity contribution in [3.63, 3.8) is 0 Å². The number of hydrogen-bond donors (Lipinski definition) is 1. The summed E-state index contributed by atoms with van der Waals surface area (Å²) in [6.45, 7) is 3.82. The molecule has 6 heteroatoms. The van der Waals surface area contributed by atoms with E-state index in [0.29, 0.717) is 5.82 Å². The molecule has 2 aromatic heterocycles. The van der Waals surface area contributed by atoms with E-state index in [1.807, 2.05) is 19.2 Å². The second kappa shape index (κ2) is 4.80. The van der Waals surface area contributed by atoms with E-state index < -0.39 is 0 Å². The third-order valence-electron chi connectivity index (χ3n) is 1.96. The lowest BCUT2D eigenvalue weighted by Gasteiger charge is -2.08. The molecule has 0 aliphatic carbocycles. The third kappa shape index (κ3) is 2.70. The highest BCUT2D eigenvalue weighted by Crippen LogP contribution is 2.33. The maximum absolute atomic E-state index is 11.3. The first-order valence-electron chi connectivity index (χ1n) is 4.79. The molecule has 0 radical (unpaired) electrons. The average molecular weight is 253 g/mol. The second-order valence-corrected chi connectivity index (χ2v) is 5.81. The fourth-order valence-corrected chi connectivity index (χ4v) is 3.10. The van der Waals surface area contributed by atoms with Crippen molar-refractivity contribution in [2.24, 2.45) is 0 Å². The molecule has 4 nitrogen and oxygen atoms in total. The van der Waals surface area contributed by atoms with Crippen LogP contribution in [0.3, 0.4) is 0 Å². The number of H-pyrrole nitrogens is 1. The fourth-order valence-electron chi connectivity index (χ4n) is 1.27. The Morgan fingerprint density at radius 2 is 2.38 bits per heavy atom. The first kappa shape index (κ1) is 11.3. The lowest BCUT2D eigenvalue weighted by atomic mass is 10.4. The van der Waals surface area contributed by atoms with E-state index in [4.69, 9.17) is 0 Å². The predicted molar refractivity (Wildman–Crippen MR) is 66.0 cm³/mol. The van der Waals surface area contributed by atoms with Gasteiger partial charge in [-0.05, 0) is 13.8 Å². The van der Waals surface area contributed by atoms with Gasteiger partial charge in [0, 0.05) is 23.3 Å². The first-order chi connectivity index (χ1) is 7.65. The molecule has 1 atom stereocenters. The Labute approximate surface area is 101 Å². The van der Waals surface area contributed by atoms with E-state index >= 15 is 0 Å². The van der Waals surface area contributed by atoms with Gasteiger partial charge in [0.2, 0.25) is 0 Å². The average Bonchev–Trinajstić information content (AvgIpc) is 2.68. The van der Waals surface area contributed by atoms with Crippen LogP contribution >= 0.6 is 23.1 Å². The van der Waals surface area contributed by atoms with Crippen molar-refractivity contribution in [3.8, 4) is 0 Å². The van der Waals surface area contributed by atoms with Crippen LogP contribution in [0.5, 0.6) is 0 Å². The topological polar surface area (TPSA) is 58.6 Å². The number of thioether (sulfide) groups is 1. The molecule has 1 N–H and O–H groups in total. The molecule has 0 bridgehead atoms. The highest BCUT2D eigenvalue weighted by molar-refractivity contribution is 8.01. The standard InChI is InChI=1S/C10H11N3OS2/c1-6-5-8(14)13-9(12-6)7(2)16-10-11-3-4-15-10/h3-5,7H,1-2H3,(H,12,13,14). The summed E-state index contributed by atoms with van der Waals surface area (Å²) in [6, 6.07) is 1.49. The molecule has 0 saturated heterocycles. The normalized spacial score (nSPS) is 12.6. The molecule has 0 spiro atoms. The summed E-state index contributed by atoms with van der Waals surface area (Å²) in [5.41, 5.74) is 0.638. The van der Waals surface area contributed by atoms with Crippen molar-refractivity contribution >= 4 is 23.1 Å². The number of thiazole rings is 1. The number of nitrogens with one attached hydrogen (secondary N) is 1. The Bertz CT molecular complexity index is 521. The molecule has 0 aliphatic heterocycles. The van der Waals surface area contributed by atoms with Crippen molar-refractivity contribution in [2.75, 3.05) is 0 Å². The quantitative estimate of drug-likeness (QED) is 0.853. The van der Waals surface area contributed by atoms with Crippen LogP contribution in [0, 0.1) is 6.92 Å². The number of aromatic amines is 1. The van der Waals surface area contributed by atoms with Crippen molar-refractivity contribution in [1.29, 1.82) is 0 Å². The van der Waals surface area contributed by atoms with Crippen molar-refractivity contribution in [3.05, 3.63) is 39.5 Å². The molecule has 84 valence electrons. The fraction of sp³-hybridized carbons (Fsp3) is 0.300. The van der Waals surface area contributed by atoms with Gasteiger partial charge in [0.05, 0.1) is 5.25 Å². The van der Waals surface area contributed by atoms with Gasteiger partial charge in [-0.2, -0.15) is 0 Å². The Morgan fingerprint density at radius 3 is 3.00 bits per heavy atom. The van der Waals surface area contributed by atoms with Gasteiger partial charge >= 0.3 is 0 Å². The monoisotopic (exact) mass is 253 g/mol. The second-order valence-electron chi connectivity index (χ2n) is 3.33. The first-order valence-corrected chi connectivity index (χ1v) is 6.55. The van der Waals surface area contributed by atoms with Gasteiger partial charge in [0.15, 0.2) is 0 Å². The molecule has 16 heavy (non-hydrogen) atoms. The highest BCUT2D eigenvalue weighted by atomic mass is 32.2. The van der Waals surface area contributed by atoms with Crippen molar-refractivity contribution in [2.45, 2.75) is 23.4 Å². The van der Waals surface area contributed by atoms with E-state index in [2.05, 4.69) is 15.0 Å². The molecule has 0 fully saturated rings. The minimum absolute atomic E-state index is 0.0961. The maximum Gasteiger partial charge on any atom is 0.251 e. The van der Waals surface area contributed by atoms with Crippen LogP contribution in [0.1, 0.15) is 23.7 Å². The van der Waals surface area contributed by atoms with Crippen LogP contribution < -0.4 is 5.56 Å². The summed E-state index contributed by atoms with van der Waals surface area (Å²) in [6.07, 6.45) is 1.77. The molecule has 2 aromatic rings. The van der Waals surface area contributed by atoms with Crippen LogP contribution in [0.4, 0.5) is 0 Å². The smallest absolute Gasteiger partial charge is 0.251 e. The number of aryl methyl sites for hydroxylation is 1. The third-order valence-corrected chi connectivity index (χ3v) is 3.99. The van der Waals surface area contributed by atoms with E-state index in [0.717, 1.165) is 10.0 Å². The zero-order valence-electron chi connectivity index (χ0n) is 8.93. The van der Waals surface area contributed by atoms with Gasteiger partial charge in [0.25, 0.3) is 5.56 Å². The van der Waals surface area contributed by atoms with E-state index in [9.17, 15) is 4.79 Å². The number of rotatable bonds is 3. The zero-order chi connectivity index (χ0) is 11.5.